The standard InChI is InChI=1S/C21H31F3O3/c1-19-8-7-15-13(14(19)5-6-18(19)26)4-3-12-9-16(25)17(10-20(12,15)2)27-11-21(22,23)24/h12-17,25H,3-11H2,1-2H3. The van der Waals surface area contributed by atoms with Gasteiger partial charge in [-0.3, -0.25) is 4.79 Å². The number of Topliss-reactive ketones (excluding diaryl/α,β-unsaturated/α-hetero) is 1. The molecule has 4 fully saturated rings. The summed E-state index contributed by atoms with van der Waals surface area (Å²) in [4.78, 5) is 12.5. The third-order valence-electron chi connectivity index (χ3n) is 8.83. The summed E-state index contributed by atoms with van der Waals surface area (Å²) in [5.41, 5.74) is -0.296. The van der Waals surface area contributed by atoms with Crippen LogP contribution >= 0.6 is 0 Å². The Balaban J connectivity index is 1.55. The molecule has 0 saturated heterocycles. The number of ketones is 1. The van der Waals surface area contributed by atoms with Crippen molar-refractivity contribution in [3.05, 3.63) is 0 Å². The fourth-order valence-corrected chi connectivity index (χ4v) is 7.40. The summed E-state index contributed by atoms with van der Waals surface area (Å²) < 4.78 is 43.0. The first kappa shape index (κ1) is 19.7. The van der Waals surface area contributed by atoms with Crippen LogP contribution in [0.15, 0.2) is 0 Å². The van der Waals surface area contributed by atoms with E-state index in [2.05, 4.69) is 13.8 Å². The van der Waals surface area contributed by atoms with Crippen LogP contribution < -0.4 is 0 Å². The van der Waals surface area contributed by atoms with Crippen LogP contribution in [0.5, 0.6) is 0 Å². The number of rotatable bonds is 2. The van der Waals surface area contributed by atoms with Gasteiger partial charge in [-0.25, -0.2) is 0 Å². The number of aliphatic hydroxyl groups excluding tert-OH is 1. The van der Waals surface area contributed by atoms with E-state index in [9.17, 15) is 23.1 Å². The Morgan fingerprint density at radius 3 is 2.59 bits per heavy atom. The second-order valence-electron chi connectivity index (χ2n) is 10.0. The third kappa shape index (κ3) is 3.15. The van der Waals surface area contributed by atoms with E-state index < -0.39 is 25.0 Å². The minimum absolute atomic E-state index is 0.106. The smallest absolute Gasteiger partial charge is 0.390 e. The molecule has 4 aliphatic carbocycles. The van der Waals surface area contributed by atoms with Crippen molar-refractivity contribution in [2.24, 2.45) is 34.5 Å². The number of ether oxygens (including phenoxy) is 1. The summed E-state index contributed by atoms with van der Waals surface area (Å²) in [5, 5.41) is 10.4. The molecule has 0 radical (unpaired) electrons. The van der Waals surface area contributed by atoms with Gasteiger partial charge in [0.05, 0.1) is 12.2 Å². The highest BCUT2D eigenvalue weighted by Gasteiger charge is 2.61. The molecule has 3 nitrogen and oxygen atoms in total. The van der Waals surface area contributed by atoms with Crippen molar-refractivity contribution in [1.82, 2.24) is 0 Å². The zero-order valence-electron chi connectivity index (χ0n) is 16.2. The Hall–Kier alpha value is -0.620. The van der Waals surface area contributed by atoms with Gasteiger partial charge in [0.25, 0.3) is 0 Å². The maximum absolute atomic E-state index is 12.6. The highest BCUT2D eigenvalue weighted by atomic mass is 19.4. The predicted octanol–water partition coefficient (Wildman–Crippen LogP) is 4.52. The van der Waals surface area contributed by atoms with E-state index in [1.54, 1.807) is 0 Å². The quantitative estimate of drug-likeness (QED) is 0.757. The fraction of sp³-hybridized carbons (Fsp3) is 0.952. The molecular weight excluding hydrogens is 357 g/mol. The molecule has 0 aromatic carbocycles. The van der Waals surface area contributed by atoms with Gasteiger partial charge in [-0.1, -0.05) is 13.8 Å². The van der Waals surface area contributed by atoms with Gasteiger partial charge in [-0.2, -0.15) is 13.2 Å². The monoisotopic (exact) mass is 388 g/mol. The number of halogens is 3. The van der Waals surface area contributed by atoms with Crippen LogP contribution in [-0.4, -0.2) is 35.9 Å². The van der Waals surface area contributed by atoms with Crippen LogP contribution in [0.25, 0.3) is 0 Å². The average Bonchev–Trinajstić information content (AvgIpc) is 2.88. The molecule has 8 atom stereocenters. The number of carbonyl (C=O) groups excluding carboxylic acids is 1. The van der Waals surface area contributed by atoms with E-state index in [0.29, 0.717) is 48.7 Å². The molecule has 0 heterocycles. The van der Waals surface area contributed by atoms with Crippen LogP contribution in [-0.2, 0) is 9.53 Å². The van der Waals surface area contributed by atoms with Crippen LogP contribution in [0.1, 0.15) is 65.2 Å². The molecule has 0 aromatic rings. The van der Waals surface area contributed by atoms with Gasteiger partial charge < -0.3 is 9.84 Å². The lowest BCUT2D eigenvalue weighted by Gasteiger charge is -2.61. The van der Waals surface area contributed by atoms with Crippen LogP contribution in [0.3, 0.4) is 0 Å². The van der Waals surface area contributed by atoms with Crippen molar-refractivity contribution in [2.45, 2.75) is 83.6 Å². The Labute approximate surface area is 159 Å². The normalized spacial score (nSPS) is 50.1. The fourth-order valence-electron chi connectivity index (χ4n) is 7.40. The maximum Gasteiger partial charge on any atom is 0.411 e. The van der Waals surface area contributed by atoms with E-state index in [4.69, 9.17) is 4.74 Å². The first-order chi connectivity index (χ1) is 12.5. The van der Waals surface area contributed by atoms with Crippen molar-refractivity contribution in [3.8, 4) is 0 Å². The van der Waals surface area contributed by atoms with Gasteiger partial charge in [-0.15, -0.1) is 0 Å². The Morgan fingerprint density at radius 2 is 1.89 bits per heavy atom. The Bertz CT molecular complexity index is 606. The molecule has 1 N–H and O–H groups in total. The van der Waals surface area contributed by atoms with E-state index in [1.165, 1.54) is 0 Å². The van der Waals surface area contributed by atoms with Gasteiger partial charge in [-0.05, 0) is 74.0 Å². The minimum atomic E-state index is -4.37. The lowest BCUT2D eigenvalue weighted by atomic mass is 9.45. The lowest BCUT2D eigenvalue weighted by Crippen LogP contribution is -2.57. The molecule has 0 bridgehead atoms. The largest absolute Gasteiger partial charge is 0.411 e. The van der Waals surface area contributed by atoms with Gasteiger partial charge in [0.2, 0.25) is 0 Å². The van der Waals surface area contributed by atoms with Gasteiger partial charge >= 0.3 is 6.18 Å². The summed E-state index contributed by atoms with van der Waals surface area (Å²) in [6.45, 7) is 3.06. The summed E-state index contributed by atoms with van der Waals surface area (Å²) in [5.74, 6) is 2.06. The molecule has 27 heavy (non-hydrogen) atoms. The van der Waals surface area contributed by atoms with Gasteiger partial charge in [0.1, 0.15) is 12.4 Å². The summed E-state index contributed by atoms with van der Waals surface area (Å²) in [6.07, 6.45) is 0.693. The van der Waals surface area contributed by atoms with E-state index in [1.807, 2.05) is 0 Å². The number of carbonyl (C=O) groups is 1. The van der Waals surface area contributed by atoms with Crippen LogP contribution in [0.4, 0.5) is 13.2 Å². The highest BCUT2D eigenvalue weighted by Crippen LogP contribution is 2.65. The SMILES string of the molecule is CC12CCC3C(CCC4CC(O)C(OCC(F)(F)F)CC43C)C1CCC2=O. The third-order valence-corrected chi connectivity index (χ3v) is 8.83. The van der Waals surface area contributed by atoms with E-state index in [0.717, 1.165) is 32.1 Å². The number of hydrogen-bond donors (Lipinski definition) is 1. The number of aliphatic hydroxyl groups is 1. The topological polar surface area (TPSA) is 46.5 Å². The molecule has 0 spiro atoms. The van der Waals surface area contributed by atoms with Crippen molar-refractivity contribution in [1.29, 1.82) is 0 Å². The maximum atomic E-state index is 12.6. The number of alkyl halides is 3. The van der Waals surface area contributed by atoms with Crippen molar-refractivity contribution < 1.29 is 27.8 Å². The molecular formula is C21H31F3O3. The summed E-state index contributed by atoms with van der Waals surface area (Å²) >= 11 is 0. The minimum Gasteiger partial charge on any atom is -0.390 e. The predicted molar refractivity (Wildman–Crippen MR) is 93.9 cm³/mol. The van der Waals surface area contributed by atoms with E-state index in [-0.39, 0.29) is 10.8 Å². The molecule has 4 rings (SSSR count). The van der Waals surface area contributed by atoms with Crippen molar-refractivity contribution in [3.63, 3.8) is 0 Å². The molecule has 4 saturated carbocycles. The number of fused-ring (bicyclic) bond motifs is 5. The van der Waals surface area contributed by atoms with Gasteiger partial charge in [0, 0.05) is 11.8 Å². The van der Waals surface area contributed by atoms with Crippen molar-refractivity contribution in [2.75, 3.05) is 6.61 Å². The molecule has 6 heteroatoms. The van der Waals surface area contributed by atoms with Gasteiger partial charge in [0.15, 0.2) is 0 Å². The molecule has 0 aromatic heterocycles. The highest BCUT2D eigenvalue weighted by molar-refractivity contribution is 5.87. The van der Waals surface area contributed by atoms with E-state index >= 15 is 0 Å². The summed E-state index contributed by atoms with van der Waals surface area (Å²) in [6, 6.07) is 0. The second kappa shape index (κ2) is 6.45. The molecule has 0 aliphatic heterocycles. The zero-order chi connectivity index (χ0) is 19.6. The Morgan fingerprint density at radius 1 is 1.15 bits per heavy atom. The summed E-state index contributed by atoms with van der Waals surface area (Å²) in [7, 11) is 0. The average molecular weight is 388 g/mol. The van der Waals surface area contributed by atoms with Crippen LogP contribution in [0.2, 0.25) is 0 Å². The number of hydrogen-bond acceptors (Lipinski definition) is 3. The first-order valence-corrected chi connectivity index (χ1v) is 10.4. The van der Waals surface area contributed by atoms with Crippen LogP contribution in [0, 0.1) is 34.5 Å². The zero-order valence-corrected chi connectivity index (χ0v) is 16.2. The molecule has 8 unspecified atom stereocenters. The molecule has 4 aliphatic rings. The second-order valence-corrected chi connectivity index (χ2v) is 10.0. The molecule has 0 amide bonds. The van der Waals surface area contributed by atoms with Crippen molar-refractivity contribution >= 4 is 5.78 Å². The lowest BCUT2D eigenvalue weighted by molar-refractivity contribution is -0.220. The Kier molecular flexibility index (Phi) is 4.70. The molecule has 154 valence electrons. The first-order valence-electron chi connectivity index (χ1n) is 10.4.